The zero-order valence-corrected chi connectivity index (χ0v) is 25.7. The van der Waals surface area contributed by atoms with Crippen LogP contribution >= 0.6 is 0 Å². The fourth-order valence-corrected chi connectivity index (χ4v) is 4.99. The molecule has 0 saturated carbocycles. The summed E-state index contributed by atoms with van der Waals surface area (Å²) in [7, 11) is 2.80. The van der Waals surface area contributed by atoms with Gasteiger partial charge in [0, 0.05) is 12.6 Å². The quantitative estimate of drug-likeness (QED) is 0.0997. The van der Waals surface area contributed by atoms with Crippen LogP contribution in [0.2, 0.25) is 0 Å². The number of benzene rings is 2. The number of ether oxygens (including phenoxy) is 6. The van der Waals surface area contributed by atoms with E-state index >= 15 is 0 Å². The second kappa shape index (κ2) is 16.5. The van der Waals surface area contributed by atoms with Crippen LogP contribution in [0.3, 0.4) is 0 Å². The molecular weight excluding hydrogens is 626 g/mol. The topological polar surface area (TPSA) is 246 Å². The lowest BCUT2D eigenvalue weighted by molar-refractivity contribution is -0.277. The first-order chi connectivity index (χ1) is 22.5. The lowest BCUT2D eigenvalue weighted by Crippen LogP contribution is -2.60. The van der Waals surface area contributed by atoms with Gasteiger partial charge in [-0.15, -0.1) is 0 Å². The normalized spacial score (nSPS) is 30.9. The third kappa shape index (κ3) is 8.68. The largest absolute Gasteiger partial charge is 0.493 e. The van der Waals surface area contributed by atoms with Gasteiger partial charge in [0.15, 0.2) is 23.0 Å². The molecule has 2 aromatic carbocycles. The Morgan fingerprint density at radius 3 is 1.74 bits per heavy atom. The van der Waals surface area contributed by atoms with Crippen LogP contribution in [0.15, 0.2) is 42.5 Å². The molecule has 0 bridgehead atoms. The van der Waals surface area contributed by atoms with Crippen LogP contribution in [-0.4, -0.2) is 142 Å². The van der Waals surface area contributed by atoms with Gasteiger partial charge in [-0.05, 0) is 47.9 Å². The Morgan fingerprint density at radius 1 is 0.723 bits per heavy atom. The smallest absolute Gasteiger partial charge is 0.244 e. The highest BCUT2D eigenvalue weighted by atomic mass is 16.7. The molecule has 260 valence electrons. The molecule has 10 atom stereocenters. The molecule has 16 nitrogen and oxygen atoms in total. The lowest BCUT2D eigenvalue weighted by atomic mass is 9.99. The van der Waals surface area contributed by atoms with Crippen molar-refractivity contribution in [3.05, 3.63) is 53.6 Å². The lowest BCUT2D eigenvalue weighted by Gasteiger charge is -2.39. The van der Waals surface area contributed by atoms with Crippen LogP contribution in [0.1, 0.15) is 11.1 Å². The third-order valence-electron chi connectivity index (χ3n) is 7.74. The van der Waals surface area contributed by atoms with Crippen LogP contribution in [0.25, 0.3) is 6.08 Å². The Labute approximate surface area is 269 Å². The van der Waals surface area contributed by atoms with Crippen molar-refractivity contribution in [2.75, 3.05) is 34.0 Å². The summed E-state index contributed by atoms with van der Waals surface area (Å²) < 4.78 is 32.8. The predicted molar refractivity (Wildman–Crippen MR) is 161 cm³/mol. The molecule has 0 unspecified atom stereocenters. The van der Waals surface area contributed by atoms with E-state index < -0.39 is 74.6 Å². The summed E-state index contributed by atoms with van der Waals surface area (Å²) >= 11 is 0. The average molecular weight is 668 g/mol. The van der Waals surface area contributed by atoms with Crippen molar-refractivity contribution in [2.24, 2.45) is 0 Å². The first-order valence-corrected chi connectivity index (χ1v) is 14.8. The molecule has 2 fully saturated rings. The molecule has 0 spiro atoms. The van der Waals surface area contributed by atoms with E-state index in [0.717, 1.165) is 5.56 Å². The van der Waals surface area contributed by atoms with Gasteiger partial charge in [0.05, 0.1) is 27.4 Å². The van der Waals surface area contributed by atoms with Crippen molar-refractivity contribution in [1.82, 2.24) is 5.32 Å². The first-order valence-electron chi connectivity index (χ1n) is 14.8. The van der Waals surface area contributed by atoms with E-state index in [0.29, 0.717) is 17.7 Å². The molecule has 47 heavy (non-hydrogen) atoms. The summed E-state index contributed by atoms with van der Waals surface area (Å²) in [5.41, 5.74) is 1.37. The highest BCUT2D eigenvalue weighted by Gasteiger charge is 2.46. The number of aliphatic hydroxyl groups is 8. The van der Waals surface area contributed by atoms with Crippen molar-refractivity contribution < 1.29 is 74.1 Å². The summed E-state index contributed by atoms with van der Waals surface area (Å²) in [5, 5.41) is 81.9. The van der Waals surface area contributed by atoms with Crippen molar-refractivity contribution in [2.45, 2.75) is 67.8 Å². The number of methoxy groups -OCH3 is 2. The molecule has 0 aromatic heterocycles. The van der Waals surface area contributed by atoms with E-state index in [1.165, 1.54) is 26.4 Å². The standard InChI is InChI=1S/C31H41NO15/c1-42-19-11-15(3-6-17(19)44-30-28(40)26(38)24(36)21(13-33)46-30)5-8-23(35)32-10-9-16-4-7-18(20(12-16)43-2)45-31-29(41)27(39)25(37)22(14-34)47-31/h3-8,11-12,21-22,24-31,33-34,36-41H,9-10,13-14H2,1-2H3,(H,32,35)/t21-,22+,24+,25+,26+,27-,28+,29-,30-,31-/m1/s1. The SMILES string of the molecule is COc1cc(C=CC(=O)NCCc2ccc(O[C@@H]3O[C@@H](CO)[C@H](O)[C@@H](O)[C@H]3O)c(OC)c2)ccc1O[C@@H]1O[C@H](CO)[C@H](O)[C@H](O)[C@@H]1O. The van der Waals surface area contributed by atoms with Crippen LogP contribution in [0.4, 0.5) is 0 Å². The Morgan fingerprint density at radius 2 is 1.23 bits per heavy atom. The average Bonchev–Trinajstić information content (AvgIpc) is 3.08. The van der Waals surface area contributed by atoms with Crippen molar-refractivity contribution in [3.63, 3.8) is 0 Å². The van der Waals surface area contributed by atoms with Crippen LogP contribution in [-0.2, 0) is 20.7 Å². The number of hydrogen-bond donors (Lipinski definition) is 9. The molecule has 9 N–H and O–H groups in total. The van der Waals surface area contributed by atoms with Crippen LogP contribution in [0.5, 0.6) is 23.0 Å². The number of amides is 1. The van der Waals surface area contributed by atoms with E-state index in [2.05, 4.69) is 5.32 Å². The zero-order chi connectivity index (χ0) is 34.2. The second-order valence-corrected chi connectivity index (χ2v) is 10.9. The Bertz CT molecular complexity index is 1350. The molecule has 0 aliphatic carbocycles. The molecule has 0 radical (unpaired) electrons. The Hall–Kier alpha value is -3.55. The summed E-state index contributed by atoms with van der Waals surface area (Å²) in [6, 6.07) is 9.64. The first kappa shape index (κ1) is 36.3. The van der Waals surface area contributed by atoms with E-state index in [1.807, 2.05) is 0 Å². The molecule has 2 aliphatic rings. The number of carbonyl (C=O) groups excluding carboxylic acids is 1. The van der Waals surface area contributed by atoms with Gasteiger partial charge in [0.1, 0.15) is 48.8 Å². The van der Waals surface area contributed by atoms with Gasteiger partial charge in [-0.1, -0.05) is 12.1 Å². The molecule has 2 aromatic rings. The van der Waals surface area contributed by atoms with Gasteiger partial charge in [0.25, 0.3) is 0 Å². The summed E-state index contributed by atoms with van der Waals surface area (Å²) in [6.07, 6.45) is -11.1. The molecule has 16 heteroatoms. The third-order valence-corrected chi connectivity index (χ3v) is 7.74. The molecule has 4 rings (SSSR count). The van der Waals surface area contributed by atoms with Gasteiger partial charge >= 0.3 is 0 Å². The molecular formula is C31H41NO15. The highest BCUT2D eigenvalue weighted by Crippen LogP contribution is 2.33. The van der Waals surface area contributed by atoms with Gasteiger partial charge in [-0.3, -0.25) is 4.79 Å². The van der Waals surface area contributed by atoms with Gasteiger partial charge in [-0.2, -0.15) is 0 Å². The van der Waals surface area contributed by atoms with E-state index in [-0.39, 0.29) is 29.7 Å². The maximum Gasteiger partial charge on any atom is 0.244 e. The monoisotopic (exact) mass is 667 g/mol. The van der Waals surface area contributed by atoms with Crippen molar-refractivity contribution in [1.29, 1.82) is 0 Å². The van der Waals surface area contributed by atoms with Crippen LogP contribution in [0, 0.1) is 0 Å². The number of rotatable bonds is 13. The number of aliphatic hydroxyl groups excluding tert-OH is 8. The van der Waals surface area contributed by atoms with Gasteiger partial charge < -0.3 is 74.6 Å². The fraction of sp³-hybridized carbons (Fsp3) is 0.516. The van der Waals surface area contributed by atoms with Crippen LogP contribution < -0.4 is 24.3 Å². The number of nitrogens with one attached hydrogen (secondary N) is 1. The van der Waals surface area contributed by atoms with E-state index in [9.17, 15) is 45.6 Å². The molecule has 2 saturated heterocycles. The number of carbonyl (C=O) groups is 1. The minimum atomic E-state index is -1.60. The summed E-state index contributed by atoms with van der Waals surface area (Å²) in [6.45, 7) is -0.919. The van der Waals surface area contributed by atoms with Crippen molar-refractivity contribution >= 4 is 12.0 Å². The highest BCUT2D eigenvalue weighted by molar-refractivity contribution is 5.91. The summed E-state index contributed by atoms with van der Waals surface area (Å²) in [4.78, 5) is 12.5. The Balaban J connectivity index is 1.30. The van der Waals surface area contributed by atoms with E-state index in [1.54, 1.807) is 36.4 Å². The van der Waals surface area contributed by atoms with Gasteiger partial charge in [0.2, 0.25) is 18.5 Å². The fourth-order valence-electron chi connectivity index (χ4n) is 4.99. The second-order valence-electron chi connectivity index (χ2n) is 10.9. The molecule has 2 aliphatic heterocycles. The minimum absolute atomic E-state index is 0.151. The van der Waals surface area contributed by atoms with Gasteiger partial charge in [-0.25, -0.2) is 0 Å². The maximum absolute atomic E-state index is 12.5. The summed E-state index contributed by atoms with van der Waals surface area (Å²) in [5.74, 6) is 0.488. The minimum Gasteiger partial charge on any atom is -0.493 e. The van der Waals surface area contributed by atoms with E-state index in [4.69, 9.17) is 28.4 Å². The van der Waals surface area contributed by atoms with Crippen molar-refractivity contribution in [3.8, 4) is 23.0 Å². The number of hydrogen-bond acceptors (Lipinski definition) is 15. The molecule has 2 heterocycles. The maximum atomic E-state index is 12.5. The Kier molecular flexibility index (Phi) is 12.8. The predicted octanol–water partition coefficient (Wildman–Crippen LogP) is -2.57. The zero-order valence-electron chi connectivity index (χ0n) is 25.7. The molecule has 1 amide bonds.